The average molecular weight is 339 g/mol. The average Bonchev–Trinajstić information content (AvgIpc) is 2.62. The van der Waals surface area contributed by atoms with Gasteiger partial charge in [-0.15, -0.1) is 0 Å². The maximum atomic E-state index is 12.7. The molecule has 1 aliphatic rings. The highest BCUT2D eigenvalue weighted by molar-refractivity contribution is 5.79. The summed E-state index contributed by atoms with van der Waals surface area (Å²) < 4.78 is 0. The summed E-state index contributed by atoms with van der Waals surface area (Å²) in [6.07, 6.45) is 5.92. The minimum Gasteiger partial charge on any atom is -0.349 e. The van der Waals surface area contributed by atoms with Gasteiger partial charge in [0.1, 0.15) is 5.82 Å². The van der Waals surface area contributed by atoms with Crippen LogP contribution in [0.2, 0.25) is 0 Å². The van der Waals surface area contributed by atoms with Gasteiger partial charge < -0.3 is 10.3 Å². The molecule has 0 saturated heterocycles. The van der Waals surface area contributed by atoms with Crippen LogP contribution in [0.1, 0.15) is 55.2 Å². The molecule has 0 unspecified atom stereocenters. The van der Waals surface area contributed by atoms with Crippen molar-refractivity contribution in [2.75, 3.05) is 0 Å². The number of carbonyl (C=O) groups excluding carboxylic acids is 1. The Morgan fingerprint density at radius 1 is 1.24 bits per heavy atom. The van der Waals surface area contributed by atoms with Crippen molar-refractivity contribution in [1.29, 1.82) is 0 Å². The summed E-state index contributed by atoms with van der Waals surface area (Å²) in [4.78, 5) is 31.5. The van der Waals surface area contributed by atoms with Crippen molar-refractivity contribution in [3.63, 3.8) is 0 Å². The van der Waals surface area contributed by atoms with Crippen molar-refractivity contribution in [2.24, 2.45) is 5.92 Å². The number of nitrogens with zero attached hydrogens (tertiary/aromatic N) is 1. The zero-order valence-electron chi connectivity index (χ0n) is 14.6. The van der Waals surface area contributed by atoms with Gasteiger partial charge in [0, 0.05) is 18.4 Å². The van der Waals surface area contributed by atoms with Gasteiger partial charge in [-0.05, 0) is 25.3 Å². The summed E-state index contributed by atoms with van der Waals surface area (Å²) >= 11 is 0. The van der Waals surface area contributed by atoms with Crippen LogP contribution < -0.4 is 10.9 Å². The molecule has 25 heavy (non-hydrogen) atoms. The van der Waals surface area contributed by atoms with E-state index in [0.29, 0.717) is 17.9 Å². The van der Waals surface area contributed by atoms with Crippen molar-refractivity contribution in [2.45, 2.75) is 51.5 Å². The number of H-pyrrole nitrogens is 1. The lowest BCUT2D eigenvalue weighted by Gasteiger charge is -2.25. The lowest BCUT2D eigenvalue weighted by atomic mass is 9.88. The van der Waals surface area contributed by atoms with Crippen molar-refractivity contribution in [3.05, 3.63) is 63.8 Å². The Hall–Kier alpha value is -2.43. The molecule has 0 aliphatic heterocycles. The van der Waals surface area contributed by atoms with Crippen LogP contribution in [-0.4, -0.2) is 15.9 Å². The molecule has 1 aliphatic carbocycles. The molecule has 2 N–H and O–H groups in total. The minimum atomic E-state index is -0.177. The first-order valence-corrected chi connectivity index (χ1v) is 9.04. The second kappa shape index (κ2) is 8.10. The number of benzene rings is 1. The van der Waals surface area contributed by atoms with Gasteiger partial charge in [-0.25, -0.2) is 4.98 Å². The first-order valence-electron chi connectivity index (χ1n) is 9.04. The van der Waals surface area contributed by atoms with Gasteiger partial charge in [-0.1, -0.05) is 49.6 Å². The predicted molar refractivity (Wildman–Crippen MR) is 97.2 cm³/mol. The zero-order valence-corrected chi connectivity index (χ0v) is 14.6. The molecule has 0 bridgehead atoms. The fourth-order valence-electron chi connectivity index (χ4n) is 3.55. The molecule has 1 saturated carbocycles. The van der Waals surface area contributed by atoms with Gasteiger partial charge in [0.25, 0.3) is 5.56 Å². The van der Waals surface area contributed by atoms with Gasteiger partial charge in [-0.2, -0.15) is 0 Å². The molecule has 1 atom stereocenters. The van der Waals surface area contributed by atoms with E-state index in [1.54, 1.807) is 6.92 Å². The van der Waals surface area contributed by atoms with E-state index in [2.05, 4.69) is 15.3 Å². The van der Waals surface area contributed by atoms with Crippen molar-refractivity contribution in [1.82, 2.24) is 15.3 Å². The fraction of sp³-hybridized carbons (Fsp3) is 0.450. The standard InChI is InChI=1S/C20H25N3O2/c1-14-21-17(13-19(24)22-14)12-18(15-8-4-2-5-9-15)23-20(25)16-10-6-3-7-11-16/h2,4-5,8-9,13,16,18H,3,6-7,10-12H2,1H3,(H,23,25)(H,21,22,24)/t18-/m1/s1. The topological polar surface area (TPSA) is 74.8 Å². The molecule has 132 valence electrons. The second-order valence-corrected chi connectivity index (χ2v) is 6.83. The quantitative estimate of drug-likeness (QED) is 0.879. The van der Waals surface area contributed by atoms with E-state index in [-0.39, 0.29) is 23.4 Å². The van der Waals surface area contributed by atoms with E-state index < -0.39 is 0 Å². The van der Waals surface area contributed by atoms with Crippen LogP contribution in [0.25, 0.3) is 0 Å². The Labute approximate surface area is 147 Å². The summed E-state index contributed by atoms with van der Waals surface area (Å²) in [5, 5.41) is 3.20. The van der Waals surface area contributed by atoms with Crippen molar-refractivity contribution < 1.29 is 4.79 Å². The molecule has 1 fully saturated rings. The van der Waals surface area contributed by atoms with E-state index in [4.69, 9.17) is 0 Å². The smallest absolute Gasteiger partial charge is 0.251 e. The lowest BCUT2D eigenvalue weighted by Crippen LogP contribution is -2.36. The number of nitrogens with one attached hydrogen (secondary N) is 2. The summed E-state index contributed by atoms with van der Waals surface area (Å²) in [5.41, 5.74) is 1.57. The normalized spacial score (nSPS) is 16.4. The van der Waals surface area contributed by atoms with Crippen LogP contribution in [-0.2, 0) is 11.2 Å². The third kappa shape index (κ3) is 4.78. The number of aromatic nitrogens is 2. The summed E-state index contributed by atoms with van der Waals surface area (Å²) in [5.74, 6) is 0.817. The van der Waals surface area contributed by atoms with E-state index in [0.717, 1.165) is 31.2 Å². The van der Waals surface area contributed by atoms with Crippen LogP contribution in [0.4, 0.5) is 0 Å². The van der Waals surface area contributed by atoms with Gasteiger partial charge >= 0.3 is 0 Å². The summed E-state index contributed by atoms with van der Waals surface area (Å²) in [6.45, 7) is 1.77. The molecule has 0 radical (unpaired) electrons. The lowest BCUT2D eigenvalue weighted by molar-refractivity contribution is -0.126. The highest BCUT2D eigenvalue weighted by atomic mass is 16.2. The molecular formula is C20H25N3O2. The molecule has 1 heterocycles. The number of aryl methyl sites for hydroxylation is 1. The Bertz CT molecular complexity index is 764. The summed E-state index contributed by atoms with van der Waals surface area (Å²) in [6, 6.07) is 11.2. The molecule has 5 nitrogen and oxygen atoms in total. The summed E-state index contributed by atoms with van der Waals surface area (Å²) in [7, 11) is 0. The van der Waals surface area contributed by atoms with Crippen LogP contribution in [0.3, 0.4) is 0 Å². The molecule has 5 heteroatoms. The van der Waals surface area contributed by atoms with E-state index in [1.807, 2.05) is 30.3 Å². The number of amides is 1. The Morgan fingerprint density at radius 3 is 2.64 bits per heavy atom. The van der Waals surface area contributed by atoms with Gasteiger partial charge in [0.15, 0.2) is 0 Å². The van der Waals surface area contributed by atoms with Crippen molar-refractivity contribution >= 4 is 5.91 Å². The largest absolute Gasteiger partial charge is 0.349 e. The monoisotopic (exact) mass is 339 g/mol. The van der Waals surface area contributed by atoms with E-state index in [9.17, 15) is 9.59 Å². The maximum Gasteiger partial charge on any atom is 0.251 e. The number of hydrogen-bond donors (Lipinski definition) is 2. The maximum absolute atomic E-state index is 12.7. The van der Waals surface area contributed by atoms with E-state index >= 15 is 0 Å². The van der Waals surface area contributed by atoms with Crippen LogP contribution in [0.5, 0.6) is 0 Å². The number of rotatable bonds is 5. The first kappa shape index (κ1) is 17.4. The first-order chi connectivity index (χ1) is 12.1. The number of hydrogen-bond acceptors (Lipinski definition) is 3. The predicted octanol–water partition coefficient (Wildman–Crippen LogP) is 3.06. The molecule has 2 aromatic rings. The molecule has 0 spiro atoms. The molecular weight excluding hydrogens is 314 g/mol. The van der Waals surface area contributed by atoms with Crippen LogP contribution in [0.15, 0.2) is 41.2 Å². The van der Waals surface area contributed by atoms with Gasteiger partial charge in [0.2, 0.25) is 5.91 Å². The Kier molecular flexibility index (Phi) is 5.64. The second-order valence-electron chi connectivity index (χ2n) is 6.83. The number of carbonyl (C=O) groups is 1. The number of aromatic amines is 1. The Balaban J connectivity index is 1.80. The van der Waals surface area contributed by atoms with E-state index in [1.165, 1.54) is 12.5 Å². The molecule has 1 aromatic heterocycles. The molecule has 1 amide bonds. The van der Waals surface area contributed by atoms with Gasteiger partial charge in [-0.3, -0.25) is 9.59 Å². The third-order valence-electron chi connectivity index (χ3n) is 4.82. The minimum absolute atomic E-state index is 0.105. The third-order valence-corrected chi connectivity index (χ3v) is 4.82. The SMILES string of the molecule is Cc1nc(C[C@@H](NC(=O)C2CCCCC2)c2ccccc2)cc(=O)[nH]1. The van der Waals surface area contributed by atoms with Crippen molar-refractivity contribution in [3.8, 4) is 0 Å². The zero-order chi connectivity index (χ0) is 17.6. The van der Waals surface area contributed by atoms with Crippen LogP contribution >= 0.6 is 0 Å². The molecule has 1 aromatic carbocycles. The molecule has 3 rings (SSSR count). The Morgan fingerprint density at radius 2 is 1.96 bits per heavy atom. The fourth-order valence-corrected chi connectivity index (χ4v) is 3.55. The van der Waals surface area contributed by atoms with Gasteiger partial charge in [0.05, 0.1) is 11.7 Å². The highest BCUT2D eigenvalue weighted by Gasteiger charge is 2.24. The van der Waals surface area contributed by atoms with Crippen LogP contribution in [0, 0.1) is 12.8 Å². The highest BCUT2D eigenvalue weighted by Crippen LogP contribution is 2.25.